The van der Waals surface area contributed by atoms with E-state index in [1.807, 2.05) is 25.1 Å². The summed E-state index contributed by atoms with van der Waals surface area (Å²) in [5.74, 6) is 0.231. The Morgan fingerprint density at radius 1 is 1.14 bits per heavy atom. The van der Waals surface area contributed by atoms with Gasteiger partial charge < -0.3 is 10.2 Å². The van der Waals surface area contributed by atoms with Crippen LogP contribution in [0.15, 0.2) is 60.9 Å². The van der Waals surface area contributed by atoms with E-state index in [1.54, 1.807) is 23.2 Å². The number of benzene rings is 2. The second kappa shape index (κ2) is 7.76. The van der Waals surface area contributed by atoms with Crippen molar-refractivity contribution in [1.29, 1.82) is 0 Å². The summed E-state index contributed by atoms with van der Waals surface area (Å²) in [6, 6.07) is 14.5. The number of hydrogen-bond donors (Lipinski definition) is 1. The van der Waals surface area contributed by atoms with E-state index in [9.17, 15) is 9.18 Å². The monoisotopic (exact) mass is 376 g/mol. The average molecular weight is 376 g/mol. The largest absolute Gasteiger partial charge is 0.368 e. The number of hydrogen-bond acceptors (Lipinski definition) is 4. The van der Waals surface area contributed by atoms with Crippen molar-refractivity contribution in [2.45, 2.75) is 25.8 Å². The molecule has 0 radical (unpaired) electrons. The molecule has 1 aromatic heterocycles. The van der Waals surface area contributed by atoms with Gasteiger partial charge >= 0.3 is 0 Å². The Hall–Kier alpha value is -3.28. The van der Waals surface area contributed by atoms with Crippen LogP contribution in [0.3, 0.4) is 0 Å². The van der Waals surface area contributed by atoms with Crippen LogP contribution < -0.4 is 10.2 Å². The van der Waals surface area contributed by atoms with Crippen LogP contribution in [0.2, 0.25) is 0 Å². The van der Waals surface area contributed by atoms with Gasteiger partial charge in [-0.25, -0.2) is 14.4 Å². The predicted octanol–water partition coefficient (Wildman–Crippen LogP) is 3.86. The van der Waals surface area contributed by atoms with Gasteiger partial charge in [0.1, 0.15) is 17.3 Å². The SMILES string of the molecule is CC1Cc2ccccc2N1C(=O)c1cnc(NCCc2ccc(F)cc2)cn1. The first-order valence-electron chi connectivity index (χ1n) is 9.33. The third-order valence-electron chi connectivity index (χ3n) is 4.93. The zero-order valence-corrected chi connectivity index (χ0v) is 15.6. The summed E-state index contributed by atoms with van der Waals surface area (Å²) in [5, 5.41) is 3.18. The summed E-state index contributed by atoms with van der Waals surface area (Å²) < 4.78 is 12.9. The minimum Gasteiger partial charge on any atom is -0.368 e. The molecule has 1 unspecified atom stereocenters. The molecule has 0 aliphatic carbocycles. The summed E-state index contributed by atoms with van der Waals surface area (Å²) in [6.45, 7) is 2.68. The van der Waals surface area contributed by atoms with Gasteiger partial charge in [0.15, 0.2) is 0 Å². The second-order valence-electron chi connectivity index (χ2n) is 6.95. The number of carbonyl (C=O) groups is 1. The lowest BCUT2D eigenvalue weighted by atomic mass is 10.1. The molecule has 3 aromatic rings. The molecule has 6 heteroatoms. The Kier molecular flexibility index (Phi) is 5.02. The van der Waals surface area contributed by atoms with Gasteiger partial charge in [0.2, 0.25) is 0 Å². The molecule has 1 aliphatic rings. The van der Waals surface area contributed by atoms with Crippen molar-refractivity contribution in [2.24, 2.45) is 0 Å². The van der Waals surface area contributed by atoms with E-state index in [4.69, 9.17) is 0 Å². The zero-order valence-electron chi connectivity index (χ0n) is 15.6. The number of anilines is 2. The highest BCUT2D eigenvalue weighted by Gasteiger charge is 2.31. The fourth-order valence-electron chi connectivity index (χ4n) is 3.51. The van der Waals surface area contributed by atoms with Gasteiger partial charge in [-0.1, -0.05) is 30.3 Å². The zero-order chi connectivity index (χ0) is 19.5. The van der Waals surface area contributed by atoms with Crippen LogP contribution in [0.4, 0.5) is 15.9 Å². The van der Waals surface area contributed by atoms with Crippen LogP contribution in [0.25, 0.3) is 0 Å². The number of aromatic nitrogens is 2. The first-order valence-corrected chi connectivity index (χ1v) is 9.33. The lowest BCUT2D eigenvalue weighted by Crippen LogP contribution is -2.36. The first-order chi connectivity index (χ1) is 13.6. The number of rotatable bonds is 5. The van der Waals surface area contributed by atoms with Crippen molar-refractivity contribution in [3.05, 3.63) is 83.6 Å². The molecule has 1 aliphatic heterocycles. The molecule has 142 valence electrons. The van der Waals surface area contributed by atoms with Gasteiger partial charge in [-0.15, -0.1) is 0 Å². The third kappa shape index (κ3) is 3.71. The number of nitrogens with one attached hydrogen (secondary N) is 1. The minimum atomic E-state index is -0.238. The highest BCUT2D eigenvalue weighted by molar-refractivity contribution is 6.06. The molecule has 2 aromatic carbocycles. The molecule has 1 atom stereocenters. The van der Waals surface area contributed by atoms with Gasteiger partial charge in [0.05, 0.1) is 12.4 Å². The Balaban J connectivity index is 1.39. The fourth-order valence-corrected chi connectivity index (χ4v) is 3.51. The Labute approximate surface area is 163 Å². The predicted molar refractivity (Wildman–Crippen MR) is 107 cm³/mol. The number of para-hydroxylation sites is 1. The molecule has 1 N–H and O–H groups in total. The van der Waals surface area contributed by atoms with Crippen molar-refractivity contribution in [3.63, 3.8) is 0 Å². The fraction of sp³-hybridized carbons (Fsp3) is 0.227. The molecule has 2 heterocycles. The molecule has 0 bridgehead atoms. The van der Waals surface area contributed by atoms with Crippen LogP contribution in [0, 0.1) is 5.82 Å². The van der Waals surface area contributed by atoms with Crippen molar-refractivity contribution in [2.75, 3.05) is 16.8 Å². The lowest BCUT2D eigenvalue weighted by Gasteiger charge is -2.22. The van der Waals surface area contributed by atoms with Crippen molar-refractivity contribution < 1.29 is 9.18 Å². The standard InChI is InChI=1S/C22H21FN4O/c1-15-12-17-4-2-3-5-20(17)27(15)22(28)19-13-26-21(14-25-19)24-11-10-16-6-8-18(23)9-7-16/h2-9,13-15H,10-12H2,1H3,(H,24,26). The normalized spacial score (nSPS) is 15.4. The second-order valence-corrected chi connectivity index (χ2v) is 6.95. The molecule has 28 heavy (non-hydrogen) atoms. The highest BCUT2D eigenvalue weighted by atomic mass is 19.1. The van der Waals surface area contributed by atoms with Gasteiger partial charge in [-0.05, 0) is 49.1 Å². The number of amides is 1. The molecule has 0 spiro atoms. The summed E-state index contributed by atoms with van der Waals surface area (Å²) in [4.78, 5) is 23.3. The molecule has 1 amide bonds. The van der Waals surface area contributed by atoms with Gasteiger partial charge in [0, 0.05) is 18.3 Å². The van der Waals surface area contributed by atoms with Gasteiger partial charge in [0.25, 0.3) is 5.91 Å². The van der Waals surface area contributed by atoms with Gasteiger partial charge in [-0.2, -0.15) is 0 Å². The molecule has 0 saturated heterocycles. The van der Waals surface area contributed by atoms with Crippen molar-refractivity contribution in [3.8, 4) is 0 Å². The van der Waals surface area contributed by atoms with Crippen LogP contribution in [0.5, 0.6) is 0 Å². The maximum atomic E-state index is 12.9. The minimum absolute atomic E-state index is 0.0974. The summed E-state index contributed by atoms with van der Waals surface area (Å²) in [5.41, 5.74) is 3.49. The smallest absolute Gasteiger partial charge is 0.278 e. The maximum absolute atomic E-state index is 12.9. The molecule has 5 nitrogen and oxygen atoms in total. The van der Waals surface area contributed by atoms with Crippen molar-refractivity contribution >= 4 is 17.4 Å². The topological polar surface area (TPSA) is 58.1 Å². The Morgan fingerprint density at radius 3 is 2.68 bits per heavy atom. The number of carbonyl (C=O) groups excluding carboxylic acids is 1. The first kappa shape index (κ1) is 18.1. The summed E-state index contributed by atoms with van der Waals surface area (Å²) >= 11 is 0. The third-order valence-corrected chi connectivity index (χ3v) is 4.93. The van der Waals surface area contributed by atoms with E-state index in [0.717, 1.165) is 24.1 Å². The lowest BCUT2D eigenvalue weighted by molar-refractivity contribution is 0.0976. The molecule has 0 saturated carbocycles. The molecule has 0 fully saturated rings. The molecule has 4 rings (SSSR count). The average Bonchev–Trinajstić information content (AvgIpc) is 3.05. The van der Waals surface area contributed by atoms with E-state index < -0.39 is 0 Å². The van der Waals surface area contributed by atoms with Crippen LogP contribution in [-0.2, 0) is 12.8 Å². The van der Waals surface area contributed by atoms with Crippen LogP contribution in [0.1, 0.15) is 28.5 Å². The quantitative estimate of drug-likeness (QED) is 0.735. The number of fused-ring (bicyclic) bond motifs is 1. The number of halogens is 1. The maximum Gasteiger partial charge on any atom is 0.278 e. The van der Waals surface area contributed by atoms with E-state index in [1.165, 1.54) is 23.9 Å². The van der Waals surface area contributed by atoms with E-state index in [-0.39, 0.29) is 17.8 Å². The number of nitrogens with zero attached hydrogens (tertiary/aromatic N) is 3. The molecular formula is C22H21FN4O. The molecular weight excluding hydrogens is 355 g/mol. The highest BCUT2D eigenvalue weighted by Crippen LogP contribution is 2.32. The van der Waals surface area contributed by atoms with E-state index in [0.29, 0.717) is 18.1 Å². The van der Waals surface area contributed by atoms with Crippen molar-refractivity contribution in [1.82, 2.24) is 9.97 Å². The Morgan fingerprint density at radius 2 is 1.93 bits per heavy atom. The van der Waals surface area contributed by atoms with Gasteiger partial charge in [-0.3, -0.25) is 4.79 Å². The van der Waals surface area contributed by atoms with E-state index >= 15 is 0 Å². The summed E-state index contributed by atoms with van der Waals surface area (Å²) in [6.07, 6.45) is 4.67. The van der Waals surface area contributed by atoms with E-state index in [2.05, 4.69) is 21.4 Å². The van der Waals surface area contributed by atoms with Crippen LogP contribution >= 0.6 is 0 Å². The summed E-state index contributed by atoms with van der Waals surface area (Å²) in [7, 11) is 0. The van der Waals surface area contributed by atoms with Crippen LogP contribution in [-0.4, -0.2) is 28.5 Å². The Bertz CT molecular complexity index is 973.